The lowest BCUT2D eigenvalue weighted by atomic mass is 10.1. The second-order valence-electron chi connectivity index (χ2n) is 8.42. The average Bonchev–Trinajstić information content (AvgIpc) is 2.88. The lowest BCUT2D eigenvalue weighted by Gasteiger charge is -2.36. The zero-order valence-electron chi connectivity index (χ0n) is 19.9. The summed E-state index contributed by atoms with van der Waals surface area (Å²) in [7, 11) is 1.56. The van der Waals surface area contributed by atoms with Crippen LogP contribution >= 0.6 is 0 Å². The number of methoxy groups -OCH3 is 1. The van der Waals surface area contributed by atoms with E-state index < -0.39 is 28.6 Å². The molecule has 0 saturated carbocycles. The number of pyridine rings is 1. The number of anilines is 1. The van der Waals surface area contributed by atoms with Crippen LogP contribution in [0.1, 0.15) is 22.8 Å². The number of halogens is 2. The average molecular weight is 501 g/mol. The van der Waals surface area contributed by atoms with Gasteiger partial charge in [0.05, 0.1) is 18.0 Å². The molecule has 0 aliphatic carbocycles. The van der Waals surface area contributed by atoms with Gasteiger partial charge >= 0.3 is 5.97 Å². The minimum Gasteiger partial charge on any atom is -0.497 e. The number of hydrogen-bond acceptors (Lipinski definition) is 7. The van der Waals surface area contributed by atoms with Crippen molar-refractivity contribution in [1.82, 2.24) is 9.47 Å². The van der Waals surface area contributed by atoms with Gasteiger partial charge in [-0.3, -0.25) is 9.69 Å². The van der Waals surface area contributed by atoms with Crippen LogP contribution < -0.4 is 15.1 Å². The number of rotatable bonds is 7. The zero-order chi connectivity index (χ0) is 26.0. The number of fused-ring (bicyclic) bond motifs is 1. The van der Waals surface area contributed by atoms with E-state index in [4.69, 9.17) is 4.74 Å². The molecule has 9 nitrogen and oxygen atoms in total. The predicted octanol–water partition coefficient (Wildman–Crippen LogP) is 3.01. The first-order chi connectivity index (χ1) is 17.3. The van der Waals surface area contributed by atoms with Gasteiger partial charge in [-0.25, -0.2) is 13.6 Å². The van der Waals surface area contributed by atoms with E-state index in [9.17, 15) is 19.9 Å². The second-order valence-corrected chi connectivity index (χ2v) is 8.42. The van der Waals surface area contributed by atoms with E-state index in [1.54, 1.807) is 43.2 Å². The molecule has 1 aromatic heterocycles. The molecule has 2 N–H and O–H groups in total. The molecule has 0 unspecified atom stereocenters. The van der Waals surface area contributed by atoms with Crippen molar-refractivity contribution in [2.24, 2.45) is 5.16 Å². The Balaban J connectivity index is 1.57. The minimum absolute atomic E-state index is 0.125. The molecule has 0 atom stereocenters. The Morgan fingerprint density at radius 2 is 1.81 bits per heavy atom. The van der Waals surface area contributed by atoms with Crippen molar-refractivity contribution in [2.45, 2.75) is 13.5 Å². The third kappa shape index (κ3) is 4.61. The molecule has 1 saturated heterocycles. The second kappa shape index (κ2) is 10.3. The summed E-state index contributed by atoms with van der Waals surface area (Å²) >= 11 is 0. The van der Waals surface area contributed by atoms with E-state index in [0.29, 0.717) is 44.2 Å². The molecule has 1 aliphatic rings. The number of carbonyl (C=O) groups is 1. The van der Waals surface area contributed by atoms with Crippen LogP contribution in [0.25, 0.3) is 10.9 Å². The summed E-state index contributed by atoms with van der Waals surface area (Å²) in [4.78, 5) is 27.6. The number of oxime groups is 1. The lowest BCUT2D eigenvalue weighted by molar-refractivity contribution is 0.0694. The Bertz CT molecular complexity index is 1380. The molecule has 0 bridgehead atoms. The van der Waals surface area contributed by atoms with Crippen LogP contribution in [0.5, 0.6) is 5.75 Å². The Labute approximate surface area is 205 Å². The maximum absolute atomic E-state index is 15.7. The lowest BCUT2D eigenvalue weighted by Crippen LogP contribution is -2.48. The zero-order valence-corrected chi connectivity index (χ0v) is 19.9. The Morgan fingerprint density at radius 3 is 2.36 bits per heavy atom. The predicted molar refractivity (Wildman–Crippen MR) is 131 cm³/mol. The number of ether oxygens (including phenoxy) is 1. The molecule has 0 radical (unpaired) electrons. The van der Waals surface area contributed by atoms with Crippen molar-refractivity contribution in [3.05, 3.63) is 69.5 Å². The van der Waals surface area contributed by atoms with E-state index in [-0.39, 0.29) is 23.1 Å². The number of aromatic carboxylic acids is 1. The fourth-order valence-electron chi connectivity index (χ4n) is 4.47. The van der Waals surface area contributed by atoms with Crippen molar-refractivity contribution in [3.8, 4) is 5.75 Å². The fourth-order valence-corrected chi connectivity index (χ4v) is 4.47. The summed E-state index contributed by atoms with van der Waals surface area (Å²) in [6.07, 6.45) is 1.09. The molecule has 36 heavy (non-hydrogen) atoms. The maximum atomic E-state index is 15.7. The van der Waals surface area contributed by atoms with Crippen LogP contribution in [-0.2, 0) is 6.54 Å². The van der Waals surface area contributed by atoms with Crippen LogP contribution in [-0.4, -0.2) is 71.3 Å². The highest BCUT2D eigenvalue weighted by Crippen LogP contribution is 2.31. The number of aromatic nitrogens is 1. The first-order valence-corrected chi connectivity index (χ1v) is 11.4. The van der Waals surface area contributed by atoms with E-state index in [2.05, 4.69) is 5.16 Å². The van der Waals surface area contributed by atoms with Crippen LogP contribution in [0.3, 0.4) is 0 Å². The fraction of sp³-hybridized carbons (Fsp3) is 0.320. The Kier molecular flexibility index (Phi) is 7.20. The monoisotopic (exact) mass is 500 g/mol. The van der Waals surface area contributed by atoms with Gasteiger partial charge in [0.25, 0.3) is 0 Å². The van der Waals surface area contributed by atoms with Crippen molar-refractivity contribution in [2.75, 3.05) is 44.7 Å². The Morgan fingerprint density at radius 1 is 1.14 bits per heavy atom. The van der Waals surface area contributed by atoms with Gasteiger partial charge < -0.3 is 24.5 Å². The van der Waals surface area contributed by atoms with Crippen LogP contribution in [0.2, 0.25) is 0 Å². The Hall–Kier alpha value is -3.99. The smallest absolute Gasteiger partial charge is 0.341 e. The number of benzene rings is 2. The SMILES string of the molecule is CCn1cc(C(=O)O)c(=O)c2cc(F)c(N3CCN(C/C(=N/O)c4ccc(OC)cc4)CC3)c(F)c21. The number of aryl methyl sites for hydroxylation is 1. The number of hydrogen-bond donors (Lipinski definition) is 2. The van der Waals surface area contributed by atoms with Gasteiger partial charge in [0.1, 0.15) is 28.5 Å². The van der Waals surface area contributed by atoms with E-state index in [0.717, 1.165) is 17.8 Å². The van der Waals surface area contributed by atoms with Gasteiger partial charge in [-0.1, -0.05) is 5.16 Å². The number of nitrogens with zero attached hydrogens (tertiary/aromatic N) is 4. The summed E-state index contributed by atoms with van der Waals surface area (Å²) in [5.74, 6) is -2.60. The van der Waals surface area contributed by atoms with E-state index in [1.807, 2.05) is 4.90 Å². The van der Waals surface area contributed by atoms with Crippen molar-refractivity contribution < 1.29 is 28.6 Å². The third-order valence-corrected chi connectivity index (χ3v) is 6.41. The minimum atomic E-state index is -1.45. The number of carboxylic acids is 1. The highest BCUT2D eigenvalue weighted by atomic mass is 19.1. The van der Waals surface area contributed by atoms with Gasteiger partial charge in [-0.2, -0.15) is 0 Å². The van der Waals surface area contributed by atoms with E-state index in [1.165, 1.54) is 4.57 Å². The molecule has 1 aliphatic heterocycles. The third-order valence-electron chi connectivity index (χ3n) is 6.41. The van der Waals surface area contributed by atoms with Crippen molar-refractivity contribution >= 4 is 28.3 Å². The maximum Gasteiger partial charge on any atom is 0.341 e. The summed E-state index contributed by atoms with van der Waals surface area (Å²) < 4.78 is 37.2. The van der Waals surface area contributed by atoms with Crippen LogP contribution in [0.15, 0.2) is 46.5 Å². The van der Waals surface area contributed by atoms with Gasteiger partial charge in [0.2, 0.25) is 5.43 Å². The van der Waals surface area contributed by atoms with Crippen molar-refractivity contribution in [1.29, 1.82) is 0 Å². The summed E-state index contributed by atoms with van der Waals surface area (Å²) in [6.45, 7) is 3.71. The topological polar surface area (TPSA) is 108 Å². The summed E-state index contributed by atoms with van der Waals surface area (Å²) in [5.41, 5.74) is -0.659. The highest BCUT2D eigenvalue weighted by Gasteiger charge is 2.27. The molecule has 190 valence electrons. The van der Waals surface area contributed by atoms with Gasteiger partial charge in [0, 0.05) is 51.0 Å². The van der Waals surface area contributed by atoms with E-state index >= 15 is 8.78 Å². The van der Waals surface area contributed by atoms with Gasteiger partial charge in [-0.15, -0.1) is 0 Å². The first-order valence-electron chi connectivity index (χ1n) is 11.4. The van der Waals surface area contributed by atoms with Gasteiger partial charge in [0.15, 0.2) is 5.82 Å². The normalized spacial score (nSPS) is 14.9. The molecule has 3 aromatic rings. The molecule has 0 spiro atoms. The summed E-state index contributed by atoms with van der Waals surface area (Å²) in [5, 5.41) is 21.9. The quantitative estimate of drug-likeness (QED) is 0.292. The molecular weight excluding hydrogens is 474 g/mol. The molecule has 0 amide bonds. The first kappa shape index (κ1) is 25.1. The van der Waals surface area contributed by atoms with Gasteiger partial charge in [-0.05, 0) is 37.3 Å². The largest absolute Gasteiger partial charge is 0.497 e. The molecule has 4 rings (SSSR count). The molecule has 11 heteroatoms. The molecule has 2 heterocycles. The number of carboxylic acid groups (broad SMARTS) is 1. The highest BCUT2D eigenvalue weighted by molar-refractivity contribution is 6.01. The molecule has 1 fully saturated rings. The number of piperazine rings is 1. The summed E-state index contributed by atoms with van der Waals surface area (Å²) in [6, 6.07) is 8.01. The molecular formula is C25H26F2N4O5. The van der Waals surface area contributed by atoms with Crippen LogP contribution in [0, 0.1) is 11.6 Å². The van der Waals surface area contributed by atoms with Crippen molar-refractivity contribution in [3.63, 3.8) is 0 Å². The molecule has 2 aromatic carbocycles. The standard InChI is InChI=1S/C25H26F2N4O5/c1-3-30-13-18(25(33)34)24(32)17-12-19(26)23(21(27)22(17)30)31-10-8-29(9-11-31)14-20(28-35)15-4-6-16(36-2)7-5-15/h4-7,12-13,35H,3,8-11,14H2,1-2H3,(H,33,34)/b28-20-. The van der Waals surface area contributed by atoms with Crippen LogP contribution in [0.4, 0.5) is 14.5 Å².